The Kier molecular flexibility index (Phi) is 3.24. The van der Waals surface area contributed by atoms with Crippen LogP contribution >= 0.6 is 0 Å². The molecule has 2 unspecified atom stereocenters. The molecule has 0 aromatic rings. The lowest BCUT2D eigenvalue weighted by Crippen LogP contribution is -2.58. The normalized spacial score (nSPS) is 29.3. The summed E-state index contributed by atoms with van der Waals surface area (Å²) in [5.41, 5.74) is 0. The van der Waals surface area contributed by atoms with Crippen LogP contribution in [0.25, 0.3) is 0 Å². The van der Waals surface area contributed by atoms with Crippen LogP contribution in [0.4, 0.5) is 4.79 Å². The van der Waals surface area contributed by atoms with Gasteiger partial charge in [0.15, 0.2) is 0 Å². The molecule has 0 aliphatic carbocycles. The molecule has 2 rings (SSSR count). The standard InChI is InChI=1S/C11H18N2O4/c1-7-2-3-13(9(7)6-14)11(17)12-4-8(5-12)10(15)16/h7-9,14H,2-6H2,1H3,(H,15,16). The van der Waals surface area contributed by atoms with Crippen molar-refractivity contribution in [2.75, 3.05) is 26.2 Å². The molecule has 2 fully saturated rings. The zero-order valence-electron chi connectivity index (χ0n) is 9.87. The molecule has 0 spiro atoms. The number of aliphatic carboxylic acids is 1. The lowest BCUT2D eigenvalue weighted by Gasteiger charge is -2.40. The maximum Gasteiger partial charge on any atom is 0.320 e. The number of rotatable bonds is 2. The molecule has 0 aromatic heterocycles. The molecular weight excluding hydrogens is 224 g/mol. The number of carbonyl (C=O) groups is 2. The number of nitrogens with zero attached hydrogens (tertiary/aromatic N) is 2. The first kappa shape index (κ1) is 12.2. The van der Waals surface area contributed by atoms with Gasteiger partial charge in [-0.3, -0.25) is 4.79 Å². The largest absolute Gasteiger partial charge is 0.481 e. The van der Waals surface area contributed by atoms with E-state index in [9.17, 15) is 14.7 Å². The molecule has 96 valence electrons. The molecule has 0 saturated carbocycles. The second-order valence-corrected chi connectivity index (χ2v) is 4.93. The number of carbonyl (C=O) groups excluding carboxylic acids is 1. The fourth-order valence-electron chi connectivity index (χ4n) is 2.50. The number of carboxylic acid groups (broad SMARTS) is 1. The van der Waals surface area contributed by atoms with Gasteiger partial charge in [-0.25, -0.2) is 4.79 Å². The number of aliphatic hydroxyl groups excluding tert-OH is 1. The van der Waals surface area contributed by atoms with Crippen molar-refractivity contribution in [3.8, 4) is 0 Å². The van der Waals surface area contributed by atoms with Gasteiger partial charge in [-0.05, 0) is 12.3 Å². The van der Waals surface area contributed by atoms with E-state index in [1.165, 1.54) is 0 Å². The third kappa shape index (κ3) is 2.09. The molecule has 6 heteroatoms. The summed E-state index contributed by atoms with van der Waals surface area (Å²) in [6, 6.07) is -0.253. The predicted molar refractivity (Wildman–Crippen MR) is 59.5 cm³/mol. The van der Waals surface area contributed by atoms with Crippen LogP contribution in [0.3, 0.4) is 0 Å². The highest BCUT2D eigenvalue weighted by atomic mass is 16.4. The van der Waals surface area contributed by atoms with Crippen LogP contribution in [-0.2, 0) is 4.79 Å². The van der Waals surface area contributed by atoms with Crippen LogP contribution in [0.15, 0.2) is 0 Å². The van der Waals surface area contributed by atoms with Crippen LogP contribution in [0.1, 0.15) is 13.3 Å². The van der Waals surface area contributed by atoms with Crippen LogP contribution in [-0.4, -0.2) is 64.3 Å². The first-order chi connectivity index (χ1) is 8.04. The molecule has 0 radical (unpaired) electrons. The second kappa shape index (κ2) is 4.52. The first-order valence-corrected chi connectivity index (χ1v) is 5.93. The highest BCUT2D eigenvalue weighted by Gasteiger charge is 2.41. The lowest BCUT2D eigenvalue weighted by molar-refractivity contribution is -0.146. The summed E-state index contributed by atoms with van der Waals surface area (Å²) in [6.45, 7) is 3.22. The third-order valence-corrected chi connectivity index (χ3v) is 3.82. The quantitative estimate of drug-likeness (QED) is 0.704. The van der Waals surface area contributed by atoms with Gasteiger partial charge in [0.05, 0.1) is 18.6 Å². The van der Waals surface area contributed by atoms with E-state index in [4.69, 9.17) is 5.11 Å². The van der Waals surface area contributed by atoms with Gasteiger partial charge >= 0.3 is 12.0 Å². The number of carboxylic acids is 1. The van der Waals surface area contributed by atoms with Gasteiger partial charge < -0.3 is 20.0 Å². The van der Waals surface area contributed by atoms with Crippen LogP contribution in [0.5, 0.6) is 0 Å². The molecule has 2 N–H and O–H groups in total. The van der Waals surface area contributed by atoms with Crippen molar-refractivity contribution in [3.63, 3.8) is 0 Å². The van der Waals surface area contributed by atoms with Crippen molar-refractivity contribution < 1.29 is 19.8 Å². The van der Waals surface area contributed by atoms with Crippen molar-refractivity contribution in [1.29, 1.82) is 0 Å². The van der Waals surface area contributed by atoms with E-state index >= 15 is 0 Å². The zero-order chi connectivity index (χ0) is 12.6. The Bertz CT molecular complexity index is 327. The second-order valence-electron chi connectivity index (χ2n) is 4.93. The van der Waals surface area contributed by atoms with Crippen LogP contribution < -0.4 is 0 Å². The van der Waals surface area contributed by atoms with E-state index in [0.29, 0.717) is 12.5 Å². The number of hydrogen-bond acceptors (Lipinski definition) is 3. The van der Waals surface area contributed by atoms with E-state index < -0.39 is 11.9 Å². The average Bonchev–Trinajstić information content (AvgIpc) is 2.56. The van der Waals surface area contributed by atoms with Gasteiger partial charge in [0, 0.05) is 19.6 Å². The molecule has 2 aliphatic heterocycles. The topological polar surface area (TPSA) is 81.1 Å². The predicted octanol–water partition coefficient (Wildman–Crippen LogP) is -0.175. The molecule has 2 amide bonds. The monoisotopic (exact) mass is 242 g/mol. The van der Waals surface area contributed by atoms with E-state index in [-0.39, 0.29) is 31.8 Å². The Morgan fingerprint density at radius 3 is 2.53 bits per heavy atom. The Morgan fingerprint density at radius 1 is 1.35 bits per heavy atom. The third-order valence-electron chi connectivity index (χ3n) is 3.82. The number of aliphatic hydroxyl groups is 1. The minimum Gasteiger partial charge on any atom is -0.481 e. The molecule has 6 nitrogen and oxygen atoms in total. The Labute approximate surface area is 99.8 Å². The number of hydrogen-bond donors (Lipinski definition) is 2. The summed E-state index contributed by atoms with van der Waals surface area (Å²) in [5.74, 6) is -0.963. The smallest absolute Gasteiger partial charge is 0.320 e. The van der Waals surface area contributed by atoms with E-state index in [1.807, 2.05) is 6.92 Å². The Balaban J connectivity index is 1.91. The fraction of sp³-hybridized carbons (Fsp3) is 0.818. The summed E-state index contributed by atoms with van der Waals surface area (Å²) in [6.07, 6.45) is 0.896. The van der Waals surface area contributed by atoms with Crippen molar-refractivity contribution in [2.45, 2.75) is 19.4 Å². The van der Waals surface area contributed by atoms with Crippen molar-refractivity contribution in [2.24, 2.45) is 11.8 Å². The fourth-order valence-corrected chi connectivity index (χ4v) is 2.50. The highest BCUT2D eigenvalue weighted by molar-refractivity contribution is 5.80. The van der Waals surface area contributed by atoms with Crippen LogP contribution in [0.2, 0.25) is 0 Å². The molecule has 0 bridgehead atoms. The first-order valence-electron chi connectivity index (χ1n) is 5.93. The van der Waals surface area contributed by atoms with Gasteiger partial charge in [0.25, 0.3) is 0 Å². The summed E-state index contributed by atoms with van der Waals surface area (Å²) in [4.78, 5) is 25.9. The SMILES string of the molecule is CC1CCN(C(=O)N2CC(C(=O)O)C2)C1CO. The number of urea groups is 1. The molecule has 2 atom stereocenters. The maximum atomic E-state index is 12.1. The van der Waals surface area contributed by atoms with Crippen LogP contribution in [0, 0.1) is 11.8 Å². The molecule has 2 heterocycles. The van der Waals surface area contributed by atoms with E-state index in [2.05, 4.69) is 0 Å². The van der Waals surface area contributed by atoms with Gasteiger partial charge in [0.1, 0.15) is 0 Å². The summed E-state index contributed by atoms with van der Waals surface area (Å²) in [7, 11) is 0. The van der Waals surface area contributed by atoms with E-state index in [1.54, 1.807) is 9.80 Å². The van der Waals surface area contributed by atoms with Gasteiger partial charge in [-0.15, -0.1) is 0 Å². The van der Waals surface area contributed by atoms with Crippen molar-refractivity contribution >= 4 is 12.0 Å². The highest BCUT2D eigenvalue weighted by Crippen LogP contribution is 2.27. The molecular formula is C11H18N2O4. The van der Waals surface area contributed by atoms with Crippen molar-refractivity contribution in [3.05, 3.63) is 0 Å². The minimum absolute atomic E-state index is 0.0247. The average molecular weight is 242 g/mol. The molecule has 0 aromatic carbocycles. The van der Waals surface area contributed by atoms with Gasteiger partial charge in [-0.1, -0.05) is 6.92 Å². The number of amides is 2. The maximum absolute atomic E-state index is 12.1. The van der Waals surface area contributed by atoms with Crippen molar-refractivity contribution in [1.82, 2.24) is 9.80 Å². The zero-order valence-corrected chi connectivity index (χ0v) is 9.87. The van der Waals surface area contributed by atoms with Gasteiger partial charge in [-0.2, -0.15) is 0 Å². The van der Waals surface area contributed by atoms with E-state index in [0.717, 1.165) is 6.42 Å². The molecule has 17 heavy (non-hydrogen) atoms. The Morgan fingerprint density at radius 2 is 2.00 bits per heavy atom. The Hall–Kier alpha value is -1.30. The molecule has 2 aliphatic rings. The summed E-state index contributed by atoms with van der Waals surface area (Å²) in [5, 5.41) is 18.0. The number of likely N-dealkylation sites (tertiary alicyclic amines) is 2. The summed E-state index contributed by atoms with van der Waals surface area (Å²) < 4.78 is 0. The van der Waals surface area contributed by atoms with Gasteiger partial charge in [0.2, 0.25) is 0 Å². The molecule has 2 saturated heterocycles. The lowest BCUT2D eigenvalue weighted by atomic mass is 10.0. The summed E-state index contributed by atoms with van der Waals surface area (Å²) >= 11 is 0. The minimum atomic E-state index is -0.845.